The summed E-state index contributed by atoms with van der Waals surface area (Å²) < 4.78 is 8.33. The van der Waals surface area contributed by atoms with Crippen molar-refractivity contribution < 1.29 is 9.53 Å². The molecule has 0 radical (unpaired) electrons. The van der Waals surface area contributed by atoms with Crippen molar-refractivity contribution in [3.05, 3.63) is 59.9 Å². The fourth-order valence-electron chi connectivity index (χ4n) is 3.91. The van der Waals surface area contributed by atoms with E-state index >= 15 is 0 Å². The highest BCUT2D eigenvalue weighted by molar-refractivity contribution is 5.78. The molecular weight excluding hydrogens is 386 g/mol. The molecule has 2 aromatic carbocycles. The summed E-state index contributed by atoms with van der Waals surface area (Å²) in [5.74, 6) is 2.42. The minimum absolute atomic E-state index is 0.0748. The molecule has 1 atom stereocenters. The first-order valence-electron chi connectivity index (χ1n) is 11.5. The minimum Gasteiger partial charge on any atom is -0.493 e. The molecular formula is C26H35N3O2. The quantitative estimate of drug-likeness (QED) is 0.387. The number of rotatable bonds is 11. The molecule has 0 aliphatic carbocycles. The fraction of sp³-hybridized carbons (Fsp3) is 0.462. The van der Waals surface area contributed by atoms with Crippen LogP contribution >= 0.6 is 0 Å². The molecule has 0 bridgehead atoms. The molecule has 1 aromatic heterocycles. The van der Waals surface area contributed by atoms with E-state index in [4.69, 9.17) is 9.72 Å². The standard InChI is InChI=1S/C26H35N3O2/c1-5-12-25(30)27-20(4)26-28-22-14-7-8-15-23(22)29(26)17-10-11-18-31-24-16-9-6-13-21(24)19(2)3/h6-9,13-16,19-20H,5,10-12,17-18H2,1-4H3,(H,27,30). The van der Waals surface area contributed by atoms with Crippen LogP contribution in [-0.2, 0) is 11.3 Å². The van der Waals surface area contributed by atoms with Gasteiger partial charge in [-0.05, 0) is 55.9 Å². The lowest BCUT2D eigenvalue weighted by molar-refractivity contribution is -0.121. The Bertz CT molecular complexity index is 993. The van der Waals surface area contributed by atoms with E-state index in [0.717, 1.165) is 48.4 Å². The van der Waals surface area contributed by atoms with Gasteiger partial charge >= 0.3 is 0 Å². The van der Waals surface area contributed by atoms with Crippen LogP contribution in [0.1, 0.15) is 76.7 Å². The van der Waals surface area contributed by atoms with Gasteiger partial charge in [-0.3, -0.25) is 4.79 Å². The van der Waals surface area contributed by atoms with Crippen LogP contribution in [0, 0.1) is 0 Å². The highest BCUT2D eigenvalue weighted by Gasteiger charge is 2.18. The first kappa shape index (κ1) is 22.9. The Morgan fingerprint density at radius 1 is 1.06 bits per heavy atom. The largest absolute Gasteiger partial charge is 0.493 e. The minimum atomic E-state index is -0.124. The van der Waals surface area contributed by atoms with Crippen LogP contribution in [0.4, 0.5) is 0 Å². The van der Waals surface area contributed by atoms with Crippen molar-refractivity contribution in [2.75, 3.05) is 6.61 Å². The van der Waals surface area contributed by atoms with E-state index in [0.29, 0.717) is 18.9 Å². The molecule has 166 valence electrons. The maximum atomic E-state index is 12.1. The van der Waals surface area contributed by atoms with Crippen molar-refractivity contribution >= 4 is 16.9 Å². The number of benzene rings is 2. The van der Waals surface area contributed by atoms with Crippen molar-refractivity contribution in [3.63, 3.8) is 0 Å². The van der Waals surface area contributed by atoms with Crippen molar-refractivity contribution in [1.82, 2.24) is 14.9 Å². The highest BCUT2D eigenvalue weighted by Crippen LogP contribution is 2.26. The summed E-state index contributed by atoms with van der Waals surface area (Å²) in [6, 6.07) is 16.3. The first-order chi connectivity index (χ1) is 15.0. The van der Waals surface area contributed by atoms with Gasteiger partial charge in [-0.25, -0.2) is 4.98 Å². The molecule has 31 heavy (non-hydrogen) atoms. The zero-order valence-electron chi connectivity index (χ0n) is 19.2. The number of imidazole rings is 1. The van der Waals surface area contributed by atoms with Gasteiger partial charge in [0.25, 0.3) is 0 Å². The molecule has 0 saturated heterocycles. The molecule has 0 spiro atoms. The second kappa shape index (κ2) is 11.0. The molecule has 1 unspecified atom stereocenters. The number of fused-ring (bicyclic) bond motifs is 1. The van der Waals surface area contributed by atoms with Crippen molar-refractivity contribution in [3.8, 4) is 5.75 Å². The van der Waals surface area contributed by atoms with Crippen molar-refractivity contribution in [1.29, 1.82) is 0 Å². The highest BCUT2D eigenvalue weighted by atomic mass is 16.5. The number of nitrogens with one attached hydrogen (secondary N) is 1. The fourth-order valence-corrected chi connectivity index (χ4v) is 3.91. The van der Waals surface area contributed by atoms with Gasteiger partial charge in [-0.2, -0.15) is 0 Å². The molecule has 5 heteroatoms. The lowest BCUT2D eigenvalue weighted by Gasteiger charge is -2.17. The Labute approximate surface area is 185 Å². The molecule has 0 aliphatic rings. The van der Waals surface area contributed by atoms with Gasteiger partial charge in [0.1, 0.15) is 11.6 Å². The predicted octanol–water partition coefficient (Wildman–Crippen LogP) is 6.00. The monoisotopic (exact) mass is 421 g/mol. The third-order valence-corrected chi connectivity index (χ3v) is 5.50. The Hall–Kier alpha value is -2.82. The number of amides is 1. The summed E-state index contributed by atoms with van der Waals surface area (Å²) in [6.07, 6.45) is 3.32. The van der Waals surface area contributed by atoms with E-state index in [-0.39, 0.29) is 11.9 Å². The summed E-state index contributed by atoms with van der Waals surface area (Å²) in [6.45, 7) is 9.94. The average molecular weight is 422 g/mol. The Balaban J connectivity index is 1.64. The van der Waals surface area contributed by atoms with Gasteiger partial charge in [0.2, 0.25) is 5.91 Å². The van der Waals surface area contributed by atoms with Crippen LogP contribution in [-0.4, -0.2) is 22.1 Å². The molecule has 0 aliphatic heterocycles. The second-order valence-corrected chi connectivity index (χ2v) is 8.40. The van der Waals surface area contributed by atoms with E-state index < -0.39 is 0 Å². The van der Waals surface area contributed by atoms with Gasteiger partial charge in [0.15, 0.2) is 0 Å². The zero-order valence-corrected chi connectivity index (χ0v) is 19.2. The van der Waals surface area contributed by atoms with Crippen LogP contribution in [0.2, 0.25) is 0 Å². The zero-order chi connectivity index (χ0) is 22.2. The van der Waals surface area contributed by atoms with Crippen LogP contribution in [0.25, 0.3) is 11.0 Å². The van der Waals surface area contributed by atoms with E-state index in [2.05, 4.69) is 48.0 Å². The Morgan fingerprint density at radius 3 is 2.58 bits per heavy atom. The lowest BCUT2D eigenvalue weighted by Crippen LogP contribution is -2.28. The number of ether oxygens (including phenoxy) is 1. The number of carbonyl (C=O) groups excluding carboxylic acids is 1. The third kappa shape index (κ3) is 5.87. The SMILES string of the molecule is CCCC(=O)NC(C)c1nc2ccccc2n1CCCCOc1ccccc1C(C)C. The van der Waals surface area contributed by atoms with E-state index in [1.165, 1.54) is 5.56 Å². The van der Waals surface area contributed by atoms with Crippen LogP contribution < -0.4 is 10.1 Å². The van der Waals surface area contributed by atoms with E-state index in [1.807, 2.05) is 38.1 Å². The van der Waals surface area contributed by atoms with Crippen molar-refractivity contribution in [2.24, 2.45) is 0 Å². The summed E-state index contributed by atoms with van der Waals surface area (Å²) in [5.41, 5.74) is 3.33. The van der Waals surface area contributed by atoms with Gasteiger partial charge in [-0.1, -0.05) is 51.1 Å². The maximum Gasteiger partial charge on any atom is 0.220 e. The second-order valence-electron chi connectivity index (χ2n) is 8.40. The predicted molar refractivity (Wildman–Crippen MR) is 126 cm³/mol. The van der Waals surface area contributed by atoms with E-state index in [9.17, 15) is 4.79 Å². The summed E-state index contributed by atoms with van der Waals surface area (Å²) in [7, 11) is 0. The number of hydrogen-bond donors (Lipinski definition) is 1. The van der Waals surface area contributed by atoms with Crippen LogP contribution in [0.3, 0.4) is 0 Å². The number of carbonyl (C=O) groups is 1. The summed E-state index contributed by atoms with van der Waals surface area (Å²) in [4.78, 5) is 16.9. The normalized spacial score (nSPS) is 12.3. The van der Waals surface area contributed by atoms with Gasteiger partial charge < -0.3 is 14.6 Å². The van der Waals surface area contributed by atoms with E-state index in [1.54, 1.807) is 0 Å². The van der Waals surface area contributed by atoms with Gasteiger partial charge in [0, 0.05) is 13.0 Å². The lowest BCUT2D eigenvalue weighted by atomic mass is 10.0. The Kier molecular flexibility index (Phi) is 8.10. The molecule has 5 nitrogen and oxygen atoms in total. The number of unbranched alkanes of at least 4 members (excludes halogenated alkanes) is 1. The number of hydrogen-bond acceptors (Lipinski definition) is 3. The number of aryl methyl sites for hydroxylation is 1. The molecule has 1 N–H and O–H groups in total. The topological polar surface area (TPSA) is 56.2 Å². The third-order valence-electron chi connectivity index (χ3n) is 5.50. The maximum absolute atomic E-state index is 12.1. The van der Waals surface area contributed by atoms with Gasteiger partial charge in [-0.15, -0.1) is 0 Å². The number of para-hydroxylation sites is 3. The average Bonchev–Trinajstić information content (AvgIpc) is 3.12. The molecule has 1 heterocycles. The molecule has 3 rings (SSSR count). The number of nitrogens with zero attached hydrogens (tertiary/aromatic N) is 2. The molecule has 3 aromatic rings. The summed E-state index contributed by atoms with van der Waals surface area (Å²) in [5, 5.41) is 3.09. The van der Waals surface area contributed by atoms with Crippen LogP contribution in [0.15, 0.2) is 48.5 Å². The molecule has 0 saturated carbocycles. The number of aromatic nitrogens is 2. The van der Waals surface area contributed by atoms with Crippen LogP contribution in [0.5, 0.6) is 5.75 Å². The molecule has 1 amide bonds. The molecule has 0 fully saturated rings. The van der Waals surface area contributed by atoms with Crippen molar-refractivity contribution in [2.45, 2.75) is 71.9 Å². The smallest absolute Gasteiger partial charge is 0.220 e. The van der Waals surface area contributed by atoms with Gasteiger partial charge in [0.05, 0.1) is 23.7 Å². The summed E-state index contributed by atoms with van der Waals surface area (Å²) >= 11 is 0. The first-order valence-corrected chi connectivity index (χ1v) is 11.5. The Morgan fingerprint density at radius 2 is 1.81 bits per heavy atom.